The van der Waals surface area contributed by atoms with Crippen molar-refractivity contribution in [2.24, 2.45) is 29.0 Å². The Bertz CT molecular complexity index is 3060. The van der Waals surface area contributed by atoms with Gasteiger partial charge < -0.3 is 85.8 Å². The van der Waals surface area contributed by atoms with Crippen molar-refractivity contribution >= 4 is 93.4 Å². The van der Waals surface area contributed by atoms with Gasteiger partial charge in [0.1, 0.15) is 51.7 Å². The number of rotatable bonds is 39. The number of urea groups is 1. The molecule has 0 aromatic carbocycles. The number of aromatic amines is 1. The standard InChI is InChI=1S/C56H84N18O12S3/c1-27(46(79)29(3)67-54(85)45(47(80)34-22-62-26-66-34)72-53(84)43-28(2)48(59)74-50(71-43)31(20-40(58)77)12-13-33(57)49(60)81)38(76)21-32(30(4)75)51(82)65-19-14-42-68-37(25-88-42)55-69-36(24-89-55)52(83)64-18-9-16-61-15-7-8-17-63-41(78)11-6-5-10-39-44-35(23-87-39)70-56(86)73-44/h22,24-27,29-33,35,39,44-47,61,75,79-80H,5-21,23,57H2,1-4H3,(H2,58,77)(H2,60,81)(H,62,66)(H,63,78)(H,64,83)(H,65,82)(H,67,85)(H,72,84)(H2,59,71,74)(H2,70,73,86)/t27-,29-,30-,31+,32+,33+,35+,39+,44+,45+,46+,47+/m1/s1. The first-order chi connectivity index (χ1) is 42.4. The summed E-state index contributed by atoms with van der Waals surface area (Å²) >= 11 is 4.48. The van der Waals surface area contributed by atoms with Gasteiger partial charge in [-0.25, -0.2) is 29.7 Å². The molecule has 20 N–H and O–H groups in total. The molecule has 9 amide bonds. The molecule has 488 valence electrons. The summed E-state index contributed by atoms with van der Waals surface area (Å²) in [6, 6.07) is -3.76. The predicted molar refractivity (Wildman–Crippen MR) is 332 cm³/mol. The number of nitrogens with one attached hydrogen (secondary N) is 9. The van der Waals surface area contributed by atoms with E-state index in [-0.39, 0.29) is 90.0 Å². The normalized spacial score (nSPS) is 18.3. The third-order valence-electron chi connectivity index (χ3n) is 15.5. The zero-order valence-corrected chi connectivity index (χ0v) is 52.7. The molecule has 6 rings (SSSR count). The molecule has 0 saturated carbocycles. The predicted octanol–water partition coefficient (Wildman–Crippen LogP) is -0.797. The third-order valence-corrected chi connectivity index (χ3v) is 18.8. The number of aliphatic hydroxyl groups is 3. The average Bonchev–Trinajstić information content (AvgIpc) is 2.95. The van der Waals surface area contributed by atoms with Crippen molar-refractivity contribution in [2.45, 2.75) is 164 Å². The van der Waals surface area contributed by atoms with Crippen molar-refractivity contribution < 1.29 is 58.5 Å². The largest absolute Gasteiger partial charge is 0.393 e. The van der Waals surface area contributed by atoms with Crippen molar-refractivity contribution in [3.8, 4) is 10.7 Å². The average molecular weight is 1300 g/mol. The first-order valence-corrected chi connectivity index (χ1v) is 32.5. The second-order valence-electron chi connectivity index (χ2n) is 22.4. The quantitative estimate of drug-likeness (QED) is 0.0192. The summed E-state index contributed by atoms with van der Waals surface area (Å²) < 4.78 is 0. The number of carbonyl (C=O) groups is 9. The van der Waals surface area contributed by atoms with Gasteiger partial charge in [0.2, 0.25) is 29.5 Å². The van der Waals surface area contributed by atoms with Crippen LogP contribution in [0.5, 0.6) is 0 Å². The molecular weight excluding hydrogens is 1210 g/mol. The van der Waals surface area contributed by atoms with Gasteiger partial charge in [-0.1, -0.05) is 13.3 Å². The number of hydrogen-bond donors (Lipinski definition) is 16. The molecule has 0 aliphatic carbocycles. The van der Waals surface area contributed by atoms with Crippen LogP contribution in [0.3, 0.4) is 0 Å². The zero-order chi connectivity index (χ0) is 64.9. The summed E-state index contributed by atoms with van der Waals surface area (Å²) in [5, 5.41) is 61.5. The number of imidazole rings is 1. The summed E-state index contributed by atoms with van der Waals surface area (Å²) in [6.07, 6.45) is 3.11. The number of aliphatic hydroxyl groups excluding tert-OH is 3. The van der Waals surface area contributed by atoms with Crippen molar-refractivity contribution in [2.75, 3.05) is 44.2 Å². The maximum absolute atomic E-state index is 14.0. The number of anilines is 1. The van der Waals surface area contributed by atoms with Crippen LogP contribution in [0.4, 0.5) is 10.6 Å². The number of Topliss-reactive ketones (excluding diaryl/α,β-unsaturated/α-hetero) is 1. The molecule has 4 aromatic rings. The SMILES string of the molecule is Cc1c(N)nc([C@@H](CC[C@H](N)C(N)=O)CC(N)=O)nc1C(=O)N[C@H](C(=O)N[C@H](C)[C@@H](O)[C@H](C)C(=O)C[C@H](C(=O)NCCc1nc(-c2nc(C(=O)NCCCNCCCCNC(=O)CCCC[C@@H]3SC[C@@H]4NC(=O)N[C@@H]43)cs2)cs1)[C@@H](C)O)[C@@H](O)c1cnc[nH]1. The number of nitrogens with zero attached hydrogens (tertiary/aromatic N) is 5. The van der Waals surface area contributed by atoms with Crippen LogP contribution < -0.4 is 65.5 Å². The number of nitrogen functional groups attached to an aromatic ring is 1. The molecule has 4 aromatic heterocycles. The first kappa shape index (κ1) is 70.8. The maximum atomic E-state index is 14.0. The fraction of sp³-hybridized carbons (Fsp3) is 0.607. The summed E-state index contributed by atoms with van der Waals surface area (Å²) in [5.41, 5.74) is 23.4. The lowest BCUT2D eigenvalue weighted by Gasteiger charge is -2.29. The van der Waals surface area contributed by atoms with Gasteiger partial charge in [-0.3, -0.25) is 38.4 Å². The molecule has 0 unspecified atom stereocenters. The zero-order valence-electron chi connectivity index (χ0n) is 50.3. The van der Waals surface area contributed by atoms with Gasteiger partial charge in [0.05, 0.1) is 65.5 Å². The number of thiazole rings is 2. The van der Waals surface area contributed by atoms with Gasteiger partial charge in [-0.2, -0.15) is 11.8 Å². The minimum absolute atomic E-state index is 0.0117. The smallest absolute Gasteiger partial charge is 0.315 e. The highest BCUT2D eigenvalue weighted by atomic mass is 32.2. The number of primary amides is 2. The molecular formula is C56H84N18O12S3. The first-order valence-electron chi connectivity index (χ1n) is 29.7. The number of thioether (sulfide) groups is 1. The van der Waals surface area contributed by atoms with Gasteiger partial charge in [-0.05, 0) is 78.8 Å². The molecule has 6 heterocycles. The molecule has 12 atom stereocenters. The van der Waals surface area contributed by atoms with Crippen LogP contribution in [-0.2, 0) is 35.2 Å². The summed E-state index contributed by atoms with van der Waals surface area (Å²) in [7, 11) is 0. The number of amides is 9. The number of hydrogen-bond acceptors (Lipinski definition) is 23. The van der Waals surface area contributed by atoms with Gasteiger partial charge in [0.15, 0.2) is 0 Å². The van der Waals surface area contributed by atoms with Crippen molar-refractivity contribution in [1.29, 1.82) is 0 Å². The Labute approximate surface area is 527 Å². The Morgan fingerprint density at radius 1 is 0.798 bits per heavy atom. The third kappa shape index (κ3) is 21.2. The summed E-state index contributed by atoms with van der Waals surface area (Å²) in [6.45, 7) is 8.22. The topological polar surface area (TPSA) is 495 Å². The molecule has 0 radical (unpaired) electrons. The van der Waals surface area contributed by atoms with Crippen molar-refractivity contribution in [1.82, 2.24) is 72.4 Å². The maximum Gasteiger partial charge on any atom is 0.315 e. The Morgan fingerprint density at radius 2 is 1.54 bits per heavy atom. The van der Waals surface area contributed by atoms with E-state index in [0.717, 1.165) is 44.4 Å². The Kier molecular flexibility index (Phi) is 27.6. The van der Waals surface area contributed by atoms with E-state index in [0.29, 0.717) is 59.9 Å². The van der Waals surface area contributed by atoms with E-state index in [4.69, 9.17) is 22.9 Å². The van der Waals surface area contributed by atoms with Crippen LogP contribution in [-0.4, -0.2) is 185 Å². The molecule has 2 saturated heterocycles. The number of fused-ring (bicyclic) bond motifs is 1. The van der Waals surface area contributed by atoms with Crippen LogP contribution >= 0.6 is 34.4 Å². The molecule has 2 aliphatic rings. The van der Waals surface area contributed by atoms with E-state index in [1.165, 1.54) is 62.9 Å². The van der Waals surface area contributed by atoms with Gasteiger partial charge in [-0.15, -0.1) is 22.7 Å². The number of aromatic nitrogens is 6. The minimum atomic E-state index is -1.79. The number of H-pyrrole nitrogens is 1. The van der Waals surface area contributed by atoms with Gasteiger partial charge in [0, 0.05) is 84.5 Å². The van der Waals surface area contributed by atoms with Crippen LogP contribution in [0, 0.1) is 18.8 Å². The molecule has 2 fully saturated rings. The number of nitrogens with two attached hydrogens (primary N) is 4. The van der Waals surface area contributed by atoms with Crippen LogP contribution in [0.25, 0.3) is 10.7 Å². The number of carbonyl (C=O) groups excluding carboxylic acids is 9. The lowest BCUT2D eigenvalue weighted by molar-refractivity contribution is -0.136. The van der Waals surface area contributed by atoms with E-state index in [1.807, 2.05) is 11.8 Å². The highest BCUT2D eigenvalue weighted by Gasteiger charge is 2.43. The van der Waals surface area contributed by atoms with Crippen LogP contribution in [0.1, 0.15) is 146 Å². The molecule has 0 spiro atoms. The summed E-state index contributed by atoms with van der Waals surface area (Å²) in [5.74, 6) is -7.65. The highest BCUT2D eigenvalue weighted by Crippen LogP contribution is 2.34. The van der Waals surface area contributed by atoms with E-state index < -0.39 is 95.9 Å². The Balaban J connectivity index is 0.893. The molecule has 89 heavy (non-hydrogen) atoms. The Morgan fingerprint density at radius 3 is 2.26 bits per heavy atom. The van der Waals surface area contributed by atoms with E-state index in [1.54, 1.807) is 10.8 Å². The van der Waals surface area contributed by atoms with Crippen LogP contribution in [0.2, 0.25) is 0 Å². The van der Waals surface area contributed by atoms with Gasteiger partial charge in [0.25, 0.3) is 11.8 Å². The Hall–Kier alpha value is -7.27. The highest BCUT2D eigenvalue weighted by molar-refractivity contribution is 8.00. The van der Waals surface area contributed by atoms with Crippen molar-refractivity contribution in [3.63, 3.8) is 0 Å². The monoisotopic (exact) mass is 1300 g/mol. The fourth-order valence-corrected chi connectivity index (χ4v) is 13.3. The molecule has 0 bridgehead atoms. The molecule has 30 nitrogen and oxygen atoms in total. The minimum Gasteiger partial charge on any atom is -0.393 e. The van der Waals surface area contributed by atoms with Gasteiger partial charge >= 0.3 is 6.03 Å². The molecule has 2 aliphatic heterocycles. The number of unbranched alkanes of at least 4 members (excludes halogenated alkanes) is 2. The van der Waals surface area contributed by atoms with E-state index in [9.17, 15) is 58.5 Å². The fourth-order valence-electron chi connectivity index (χ4n) is 10.1. The van der Waals surface area contributed by atoms with E-state index in [2.05, 4.69) is 72.4 Å². The van der Waals surface area contributed by atoms with Crippen LogP contribution in [0.15, 0.2) is 23.3 Å². The summed E-state index contributed by atoms with van der Waals surface area (Å²) in [4.78, 5) is 140. The second-order valence-corrected chi connectivity index (χ2v) is 25.5. The van der Waals surface area contributed by atoms with Crippen molar-refractivity contribution in [3.05, 3.63) is 56.8 Å². The molecule has 33 heteroatoms. The lowest BCUT2D eigenvalue weighted by Crippen LogP contribution is -2.55. The second kappa shape index (κ2) is 34.6. The lowest BCUT2D eigenvalue weighted by atomic mass is 9.87. The number of ketones is 1. The van der Waals surface area contributed by atoms with E-state index >= 15 is 0 Å².